The van der Waals surface area contributed by atoms with Crippen molar-refractivity contribution in [3.8, 4) is 0 Å². The molecule has 5 heteroatoms. The van der Waals surface area contributed by atoms with Crippen LogP contribution in [-0.4, -0.2) is 31.3 Å². The van der Waals surface area contributed by atoms with Gasteiger partial charge >= 0.3 is 5.97 Å². The van der Waals surface area contributed by atoms with E-state index in [1.807, 2.05) is 0 Å². The van der Waals surface area contributed by atoms with Crippen LogP contribution in [-0.2, 0) is 11.3 Å². The largest absolute Gasteiger partial charge is 0.465 e. The number of carbonyl (C=O) groups is 1. The zero-order valence-electron chi connectivity index (χ0n) is 12.6. The maximum atomic E-state index is 11.5. The van der Waals surface area contributed by atoms with Crippen LogP contribution in [0.15, 0.2) is 10.5 Å². The highest BCUT2D eigenvalue weighted by molar-refractivity contribution is 5.90. The highest BCUT2D eigenvalue weighted by Crippen LogP contribution is 2.16. The minimum absolute atomic E-state index is 0.221. The topological polar surface area (TPSA) is 71.7 Å². The number of methoxy groups -OCH3 is 1. The fourth-order valence-corrected chi connectivity index (χ4v) is 2.28. The number of esters is 1. The summed E-state index contributed by atoms with van der Waals surface area (Å²) in [5, 5.41) is 12.3. The van der Waals surface area contributed by atoms with Gasteiger partial charge in [-0.2, -0.15) is 0 Å². The van der Waals surface area contributed by atoms with E-state index in [1.165, 1.54) is 7.11 Å². The van der Waals surface area contributed by atoms with Crippen molar-refractivity contribution in [2.24, 2.45) is 5.92 Å². The first-order valence-corrected chi connectivity index (χ1v) is 7.11. The van der Waals surface area contributed by atoms with Crippen LogP contribution < -0.4 is 5.32 Å². The molecule has 0 radical (unpaired) electrons. The molecule has 5 nitrogen and oxygen atoms in total. The van der Waals surface area contributed by atoms with E-state index in [0.29, 0.717) is 23.8 Å². The van der Waals surface area contributed by atoms with Crippen molar-refractivity contribution in [3.63, 3.8) is 0 Å². The normalized spacial score (nSPS) is 12.4. The third-order valence-electron chi connectivity index (χ3n) is 3.34. The van der Waals surface area contributed by atoms with E-state index in [1.54, 1.807) is 13.0 Å². The van der Waals surface area contributed by atoms with Crippen molar-refractivity contribution in [2.75, 3.05) is 20.3 Å². The first kappa shape index (κ1) is 16.7. The number of aliphatic hydroxyl groups is 1. The fraction of sp³-hybridized carbons (Fsp3) is 0.667. The van der Waals surface area contributed by atoms with Crippen molar-refractivity contribution in [3.05, 3.63) is 23.2 Å². The van der Waals surface area contributed by atoms with Gasteiger partial charge in [-0.25, -0.2) is 4.79 Å². The predicted octanol–water partition coefficient (Wildman–Crippen LogP) is 2.26. The van der Waals surface area contributed by atoms with Crippen molar-refractivity contribution in [2.45, 2.75) is 39.7 Å². The number of ether oxygens (including phenoxy) is 1. The SMILES string of the molecule is CCCC(CCO)CNCc1cc(C(=O)OC)c(C)o1. The summed E-state index contributed by atoms with van der Waals surface area (Å²) in [6.45, 7) is 5.52. The van der Waals surface area contributed by atoms with Gasteiger partial charge in [0.05, 0.1) is 13.7 Å². The van der Waals surface area contributed by atoms with Gasteiger partial charge in [0, 0.05) is 6.61 Å². The van der Waals surface area contributed by atoms with E-state index in [0.717, 1.165) is 31.6 Å². The molecule has 0 aliphatic heterocycles. The molecule has 0 aliphatic carbocycles. The summed E-state index contributed by atoms with van der Waals surface area (Å²) in [5.74, 6) is 1.40. The number of aryl methyl sites for hydroxylation is 1. The van der Waals surface area contributed by atoms with E-state index in [-0.39, 0.29) is 12.6 Å². The van der Waals surface area contributed by atoms with Gasteiger partial charge in [-0.15, -0.1) is 0 Å². The molecule has 0 bridgehead atoms. The molecule has 0 amide bonds. The highest BCUT2D eigenvalue weighted by atomic mass is 16.5. The van der Waals surface area contributed by atoms with Crippen LogP contribution in [0.5, 0.6) is 0 Å². The van der Waals surface area contributed by atoms with Crippen LogP contribution >= 0.6 is 0 Å². The second-order valence-corrected chi connectivity index (χ2v) is 4.97. The lowest BCUT2D eigenvalue weighted by atomic mass is 10.0. The monoisotopic (exact) mass is 283 g/mol. The van der Waals surface area contributed by atoms with E-state index < -0.39 is 0 Å². The smallest absolute Gasteiger partial charge is 0.341 e. The number of hydrogen-bond donors (Lipinski definition) is 2. The van der Waals surface area contributed by atoms with E-state index in [4.69, 9.17) is 9.52 Å². The minimum atomic E-state index is -0.373. The predicted molar refractivity (Wildman–Crippen MR) is 76.6 cm³/mol. The average molecular weight is 283 g/mol. The number of rotatable bonds is 9. The average Bonchev–Trinajstić information content (AvgIpc) is 2.79. The van der Waals surface area contributed by atoms with Crippen LogP contribution in [0.4, 0.5) is 0 Å². The minimum Gasteiger partial charge on any atom is -0.465 e. The number of hydrogen-bond acceptors (Lipinski definition) is 5. The number of nitrogens with one attached hydrogen (secondary N) is 1. The first-order valence-electron chi connectivity index (χ1n) is 7.11. The highest BCUT2D eigenvalue weighted by Gasteiger charge is 2.15. The third-order valence-corrected chi connectivity index (χ3v) is 3.34. The standard InChI is InChI=1S/C15H25NO4/c1-4-5-12(6-7-17)9-16-10-13-8-14(11(2)20-13)15(18)19-3/h8,12,16-17H,4-7,9-10H2,1-3H3. The Hall–Kier alpha value is -1.33. The number of aliphatic hydroxyl groups excluding tert-OH is 1. The maximum absolute atomic E-state index is 11.5. The zero-order valence-corrected chi connectivity index (χ0v) is 12.6. The lowest BCUT2D eigenvalue weighted by Crippen LogP contribution is -2.23. The molecule has 20 heavy (non-hydrogen) atoms. The van der Waals surface area contributed by atoms with Crippen LogP contribution in [0.3, 0.4) is 0 Å². The van der Waals surface area contributed by atoms with Gasteiger partial charge in [0.1, 0.15) is 17.1 Å². The van der Waals surface area contributed by atoms with Crippen LogP contribution in [0.25, 0.3) is 0 Å². The molecule has 1 atom stereocenters. The first-order chi connectivity index (χ1) is 9.62. The Bertz CT molecular complexity index is 408. The summed E-state index contributed by atoms with van der Waals surface area (Å²) in [5.41, 5.74) is 0.477. The van der Waals surface area contributed by atoms with Crippen molar-refractivity contribution in [1.82, 2.24) is 5.32 Å². The molecule has 1 aromatic heterocycles. The van der Waals surface area contributed by atoms with Crippen molar-refractivity contribution in [1.29, 1.82) is 0 Å². The van der Waals surface area contributed by atoms with Gasteiger partial charge in [-0.1, -0.05) is 13.3 Å². The van der Waals surface area contributed by atoms with Gasteiger partial charge in [-0.05, 0) is 38.3 Å². The molecule has 0 spiro atoms. The molecule has 1 unspecified atom stereocenters. The van der Waals surface area contributed by atoms with Gasteiger partial charge in [0.15, 0.2) is 0 Å². The van der Waals surface area contributed by atoms with E-state index in [2.05, 4.69) is 17.0 Å². The Labute approximate surface area is 120 Å². The molecule has 0 fully saturated rings. The van der Waals surface area contributed by atoms with Gasteiger partial charge in [0.2, 0.25) is 0 Å². The number of carbonyl (C=O) groups excluding carboxylic acids is 1. The summed E-state index contributed by atoms with van der Waals surface area (Å²) < 4.78 is 10.2. The maximum Gasteiger partial charge on any atom is 0.341 e. The van der Waals surface area contributed by atoms with Crippen LogP contribution in [0.1, 0.15) is 48.1 Å². The second-order valence-electron chi connectivity index (χ2n) is 4.97. The summed E-state index contributed by atoms with van der Waals surface area (Å²) in [4.78, 5) is 11.5. The molecule has 0 saturated carbocycles. The van der Waals surface area contributed by atoms with Crippen molar-refractivity contribution >= 4 is 5.97 Å². The van der Waals surface area contributed by atoms with Crippen molar-refractivity contribution < 1.29 is 19.1 Å². The lowest BCUT2D eigenvalue weighted by Gasteiger charge is -2.14. The zero-order chi connectivity index (χ0) is 15.0. The molecule has 0 aromatic carbocycles. The second kappa shape index (κ2) is 8.76. The van der Waals surface area contributed by atoms with Gasteiger partial charge in [-0.3, -0.25) is 0 Å². The summed E-state index contributed by atoms with van der Waals surface area (Å²) in [6.07, 6.45) is 3.02. The number of furan rings is 1. The summed E-state index contributed by atoms with van der Waals surface area (Å²) in [6, 6.07) is 1.72. The summed E-state index contributed by atoms with van der Waals surface area (Å²) in [7, 11) is 1.36. The Balaban J connectivity index is 2.47. The van der Waals surface area contributed by atoms with E-state index >= 15 is 0 Å². The van der Waals surface area contributed by atoms with Gasteiger partial charge in [0.25, 0.3) is 0 Å². The third kappa shape index (κ3) is 4.98. The Kier molecular flexibility index (Phi) is 7.33. The Morgan fingerprint density at radius 3 is 2.85 bits per heavy atom. The molecular formula is C15H25NO4. The Morgan fingerprint density at radius 1 is 1.50 bits per heavy atom. The fourth-order valence-electron chi connectivity index (χ4n) is 2.28. The Morgan fingerprint density at radius 2 is 2.25 bits per heavy atom. The summed E-state index contributed by atoms with van der Waals surface area (Å²) >= 11 is 0. The molecule has 0 aliphatic rings. The molecule has 1 rings (SSSR count). The van der Waals surface area contributed by atoms with Crippen LogP contribution in [0.2, 0.25) is 0 Å². The molecular weight excluding hydrogens is 258 g/mol. The quantitative estimate of drug-likeness (QED) is 0.680. The molecule has 1 heterocycles. The lowest BCUT2D eigenvalue weighted by molar-refractivity contribution is 0.0599. The molecule has 114 valence electrons. The van der Waals surface area contributed by atoms with E-state index in [9.17, 15) is 4.79 Å². The molecule has 0 saturated heterocycles. The van der Waals surface area contributed by atoms with Gasteiger partial charge < -0.3 is 19.6 Å². The molecule has 2 N–H and O–H groups in total. The van der Waals surface area contributed by atoms with Crippen LogP contribution in [0, 0.1) is 12.8 Å². The molecule has 1 aromatic rings.